The van der Waals surface area contributed by atoms with E-state index in [2.05, 4.69) is 62.5 Å². The Morgan fingerprint density at radius 2 is 1.67 bits per heavy atom. The van der Waals surface area contributed by atoms with Crippen LogP contribution in [0.3, 0.4) is 0 Å². The third-order valence-corrected chi connectivity index (χ3v) is 3.60. The van der Waals surface area contributed by atoms with Crippen LogP contribution in [0.25, 0.3) is 0 Å². The molecule has 1 unspecified atom stereocenters. The van der Waals surface area contributed by atoms with E-state index in [1.807, 2.05) is 19.2 Å². The first-order valence-electron chi connectivity index (χ1n) is 7.67. The van der Waals surface area contributed by atoms with Gasteiger partial charge in [-0.3, -0.25) is 0 Å². The molecule has 0 bridgehead atoms. The second-order valence-electron chi connectivity index (χ2n) is 5.52. The monoisotopic (exact) mass is 283 g/mol. The van der Waals surface area contributed by atoms with E-state index in [0.29, 0.717) is 0 Å². The Morgan fingerprint density at radius 3 is 2.24 bits per heavy atom. The molecular formula is C19H25NO. The minimum atomic E-state index is 0.144. The number of hydrogen-bond donors (Lipinski definition) is 1. The Bertz CT molecular complexity index is 560. The summed E-state index contributed by atoms with van der Waals surface area (Å²) in [6.45, 7) is 6.29. The van der Waals surface area contributed by atoms with Crippen molar-refractivity contribution in [3.63, 3.8) is 0 Å². The summed E-state index contributed by atoms with van der Waals surface area (Å²) in [6, 6.07) is 17.2. The van der Waals surface area contributed by atoms with Crippen LogP contribution in [-0.4, -0.2) is 13.2 Å². The minimum absolute atomic E-state index is 0.144. The average molecular weight is 283 g/mol. The van der Waals surface area contributed by atoms with E-state index < -0.39 is 0 Å². The molecule has 0 saturated heterocycles. The first kappa shape index (κ1) is 15.6. The van der Waals surface area contributed by atoms with Gasteiger partial charge in [0.05, 0.1) is 12.1 Å². The zero-order valence-electron chi connectivity index (χ0n) is 13.4. The van der Waals surface area contributed by atoms with Crippen LogP contribution in [0.5, 0.6) is 5.75 Å². The summed E-state index contributed by atoms with van der Waals surface area (Å²) in [5.74, 6) is 0.950. The number of hydrogen-bond acceptors (Lipinski definition) is 2. The van der Waals surface area contributed by atoms with Gasteiger partial charge in [0.1, 0.15) is 5.75 Å². The summed E-state index contributed by atoms with van der Waals surface area (Å²) in [7, 11) is 1.99. The van der Waals surface area contributed by atoms with Gasteiger partial charge in [0.25, 0.3) is 0 Å². The highest BCUT2D eigenvalue weighted by Gasteiger charge is 2.16. The number of rotatable bonds is 6. The molecule has 0 heterocycles. The molecule has 1 atom stereocenters. The summed E-state index contributed by atoms with van der Waals surface area (Å²) in [4.78, 5) is 0. The van der Waals surface area contributed by atoms with Crippen molar-refractivity contribution in [2.75, 3.05) is 7.05 Å². The van der Waals surface area contributed by atoms with Gasteiger partial charge >= 0.3 is 0 Å². The predicted octanol–water partition coefficient (Wildman–Crippen LogP) is 4.35. The van der Waals surface area contributed by atoms with E-state index in [1.165, 1.54) is 16.7 Å². The van der Waals surface area contributed by atoms with E-state index in [0.717, 1.165) is 12.2 Å². The van der Waals surface area contributed by atoms with Gasteiger partial charge < -0.3 is 10.1 Å². The summed E-state index contributed by atoms with van der Waals surface area (Å²) in [5, 5.41) is 3.41. The number of ether oxygens (including phenoxy) is 1. The lowest BCUT2D eigenvalue weighted by Gasteiger charge is -2.22. The standard InChI is InChI=1S/C19H25NO/c1-5-15-10-12-16(13-11-15)19(20-4)17-8-6-7-9-18(17)21-14(2)3/h6-14,19-20H,5H2,1-4H3. The first-order valence-corrected chi connectivity index (χ1v) is 7.67. The van der Waals surface area contributed by atoms with E-state index in [-0.39, 0.29) is 12.1 Å². The molecular weight excluding hydrogens is 258 g/mol. The predicted molar refractivity (Wildman–Crippen MR) is 88.9 cm³/mol. The minimum Gasteiger partial charge on any atom is -0.491 e. The molecule has 0 fully saturated rings. The molecule has 0 aliphatic heterocycles. The SMILES string of the molecule is CCc1ccc(C(NC)c2ccccc2OC(C)C)cc1. The lowest BCUT2D eigenvalue weighted by Crippen LogP contribution is -2.19. The number of aryl methyl sites for hydroxylation is 1. The highest BCUT2D eigenvalue weighted by Crippen LogP contribution is 2.30. The first-order chi connectivity index (χ1) is 10.2. The molecule has 0 aliphatic carbocycles. The van der Waals surface area contributed by atoms with Crippen LogP contribution in [-0.2, 0) is 6.42 Å². The van der Waals surface area contributed by atoms with Crippen molar-refractivity contribution in [1.29, 1.82) is 0 Å². The van der Waals surface area contributed by atoms with Crippen LogP contribution < -0.4 is 10.1 Å². The smallest absolute Gasteiger partial charge is 0.124 e. The molecule has 0 spiro atoms. The lowest BCUT2D eigenvalue weighted by molar-refractivity contribution is 0.238. The summed E-state index contributed by atoms with van der Waals surface area (Å²) in [6.07, 6.45) is 1.24. The summed E-state index contributed by atoms with van der Waals surface area (Å²) in [5.41, 5.74) is 3.80. The van der Waals surface area contributed by atoms with Crippen molar-refractivity contribution in [2.24, 2.45) is 0 Å². The highest BCUT2D eigenvalue weighted by molar-refractivity contribution is 5.42. The normalized spacial score (nSPS) is 12.4. The van der Waals surface area contributed by atoms with Crippen molar-refractivity contribution in [1.82, 2.24) is 5.32 Å². The van der Waals surface area contributed by atoms with Gasteiger partial charge in [-0.1, -0.05) is 49.4 Å². The topological polar surface area (TPSA) is 21.3 Å². The Balaban J connectivity index is 2.36. The van der Waals surface area contributed by atoms with Gasteiger partial charge in [-0.15, -0.1) is 0 Å². The maximum absolute atomic E-state index is 5.95. The second kappa shape index (κ2) is 7.28. The number of benzene rings is 2. The van der Waals surface area contributed by atoms with E-state index in [9.17, 15) is 0 Å². The Kier molecular flexibility index (Phi) is 5.40. The zero-order chi connectivity index (χ0) is 15.2. The van der Waals surface area contributed by atoms with Crippen LogP contribution >= 0.6 is 0 Å². The van der Waals surface area contributed by atoms with Crippen molar-refractivity contribution in [2.45, 2.75) is 39.3 Å². The fraction of sp³-hybridized carbons (Fsp3) is 0.368. The number of para-hydroxylation sites is 1. The van der Waals surface area contributed by atoms with Crippen LogP contribution in [0.4, 0.5) is 0 Å². The van der Waals surface area contributed by atoms with Crippen molar-refractivity contribution < 1.29 is 4.74 Å². The molecule has 21 heavy (non-hydrogen) atoms. The molecule has 1 N–H and O–H groups in total. The molecule has 112 valence electrons. The molecule has 0 aromatic heterocycles. The molecule has 2 heteroatoms. The van der Waals surface area contributed by atoms with Crippen molar-refractivity contribution in [3.8, 4) is 5.75 Å². The van der Waals surface area contributed by atoms with Crippen LogP contribution in [0, 0.1) is 0 Å². The fourth-order valence-electron chi connectivity index (χ4n) is 2.53. The molecule has 2 rings (SSSR count). The Hall–Kier alpha value is -1.80. The Morgan fingerprint density at radius 1 is 1.00 bits per heavy atom. The van der Waals surface area contributed by atoms with E-state index in [1.54, 1.807) is 0 Å². The second-order valence-corrected chi connectivity index (χ2v) is 5.52. The molecule has 2 aromatic rings. The quantitative estimate of drug-likeness (QED) is 0.851. The van der Waals surface area contributed by atoms with Gasteiger partial charge in [0.2, 0.25) is 0 Å². The van der Waals surface area contributed by atoms with Crippen LogP contribution in [0.1, 0.15) is 43.5 Å². The zero-order valence-corrected chi connectivity index (χ0v) is 13.4. The van der Waals surface area contributed by atoms with Crippen LogP contribution in [0.2, 0.25) is 0 Å². The van der Waals surface area contributed by atoms with Gasteiger partial charge in [-0.2, -0.15) is 0 Å². The van der Waals surface area contributed by atoms with E-state index >= 15 is 0 Å². The highest BCUT2D eigenvalue weighted by atomic mass is 16.5. The van der Waals surface area contributed by atoms with Gasteiger partial charge in [0.15, 0.2) is 0 Å². The maximum Gasteiger partial charge on any atom is 0.124 e. The van der Waals surface area contributed by atoms with Gasteiger partial charge in [-0.05, 0) is 44.5 Å². The fourth-order valence-corrected chi connectivity index (χ4v) is 2.53. The Labute approximate surface area is 128 Å². The molecule has 0 saturated carbocycles. The molecule has 0 amide bonds. The lowest BCUT2D eigenvalue weighted by atomic mass is 9.96. The molecule has 0 radical (unpaired) electrons. The largest absolute Gasteiger partial charge is 0.491 e. The average Bonchev–Trinajstić information content (AvgIpc) is 2.50. The van der Waals surface area contributed by atoms with Crippen molar-refractivity contribution in [3.05, 3.63) is 65.2 Å². The summed E-state index contributed by atoms with van der Waals surface area (Å²) >= 11 is 0. The molecule has 2 nitrogen and oxygen atoms in total. The van der Waals surface area contributed by atoms with Crippen LogP contribution in [0.15, 0.2) is 48.5 Å². The molecule has 2 aromatic carbocycles. The van der Waals surface area contributed by atoms with Gasteiger partial charge in [0, 0.05) is 5.56 Å². The third-order valence-electron chi connectivity index (χ3n) is 3.60. The third kappa shape index (κ3) is 3.85. The van der Waals surface area contributed by atoms with Gasteiger partial charge in [-0.25, -0.2) is 0 Å². The van der Waals surface area contributed by atoms with Crippen molar-refractivity contribution >= 4 is 0 Å². The van der Waals surface area contributed by atoms with E-state index in [4.69, 9.17) is 4.74 Å². The number of nitrogens with one attached hydrogen (secondary N) is 1. The maximum atomic E-state index is 5.95. The summed E-state index contributed by atoms with van der Waals surface area (Å²) < 4.78 is 5.95. The molecule has 0 aliphatic rings.